The lowest BCUT2D eigenvalue weighted by atomic mass is 9.93. The Hall–Kier alpha value is -6.46. The smallest absolute Gasteiger partial charge is 0.142 e. The molecule has 0 saturated carbocycles. The second-order valence-corrected chi connectivity index (χ2v) is 16.9. The van der Waals surface area contributed by atoms with E-state index in [0.717, 1.165) is 41.1 Å². The van der Waals surface area contributed by atoms with E-state index in [1.165, 1.54) is 84.5 Å². The third kappa shape index (κ3) is 5.00. The maximum absolute atomic E-state index is 6.57. The van der Waals surface area contributed by atoms with Gasteiger partial charge < -0.3 is 9.32 Å². The van der Waals surface area contributed by atoms with Gasteiger partial charge in [-0.25, -0.2) is 0 Å². The summed E-state index contributed by atoms with van der Waals surface area (Å²) in [6.07, 6.45) is 6.64. The lowest BCUT2D eigenvalue weighted by molar-refractivity contribution is 0.666. The molecule has 3 heterocycles. The molecule has 264 valence electrons. The topological polar surface area (TPSA) is 16.4 Å². The van der Waals surface area contributed by atoms with Crippen molar-refractivity contribution >= 4 is 108 Å². The van der Waals surface area contributed by atoms with Gasteiger partial charge in [-0.3, -0.25) is 0 Å². The van der Waals surface area contributed by atoms with Crippen LogP contribution in [-0.2, 0) is 6.42 Å². The molecule has 3 aromatic heterocycles. The first-order valence-corrected chi connectivity index (χ1v) is 20.8. The highest BCUT2D eigenvalue weighted by atomic mass is 32.1. The van der Waals surface area contributed by atoms with E-state index in [0.29, 0.717) is 0 Å². The van der Waals surface area contributed by atoms with Crippen LogP contribution in [-0.4, -0.2) is 0 Å². The van der Waals surface area contributed by atoms with Crippen molar-refractivity contribution in [2.24, 2.45) is 0 Å². The molecule has 8 aromatic carbocycles. The molecule has 0 unspecified atom stereocenters. The van der Waals surface area contributed by atoms with Crippen LogP contribution in [0.15, 0.2) is 174 Å². The summed E-state index contributed by atoms with van der Waals surface area (Å²) in [6.45, 7) is 0. The zero-order valence-corrected chi connectivity index (χ0v) is 32.0. The summed E-state index contributed by atoms with van der Waals surface area (Å²) in [6, 6.07) is 60.3. The quantitative estimate of drug-likeness (QED) is 0.174. The van der Waals surface area contributed by atoms with Crippen molar-refractivity contribution in [3.8, 4) is 22.3 Å². The van der Waals surface area contributed by atoms with Crippen molar-refractivity contribution in [2.75, 3.05) is 4.90 Å². The number of rotatable bonds is 5. The zero-order valence-electron chi connectivity index (χ0n) is 30.3. The van der Waals surface area contributed by atoms with Gasteiger partial charge in [0.2, 0.25) is 0 Å². The van der Waals surface area contributed by atoms with Crippen molar-refractivity contribution in [3.05, 3.63) is 181 Å². The van der Waals surface area contributed by atoms with E-state index in [2.05, 4.69) is 181 Å². The number of anilines is 3. The van der Waals surface area contributed by atoms with Gasteiger partial charge in [-0.05, 0) is 107 Å². The summed E-state index contributed by atoms with van der Waals surface area (Å²) in [5.41, 5.74) is 12.7. The van der Waals surface area contributed by atoms with Gasteiger partial charge in [0.05, 0.1) is 0 Å². The number of benzene rings is 8. The standard InChI is InChI=1S/C52H33NOS2/c1-2-9-40-33(8-1)20-27-44-51-39(12-7-13-46(51)54-52(40)44)34-18-24-37(25-19-34)53(38-26-28-43-41-10-3-5-14-47(41)56-50(43)31-38)36-22-16-32(17-23-36)35-21-29-49-45(30-35)42-11-4-6-15-48(42)55-49/h2-7,9-31H,1,8H2. The lowest BCUT2D eigenvalue weighted by Crippen LogP contribution is -2.09. The Bertz CT molecular complexity index is 3360. The van der Waals surface area contributed by atoms with Crippen LogP contribution >= 0.6 is 22.7 Å². The number of allylic oxidation sites excluding steroid dienone is 1. The molecular formula is C52H33NOS2. The largest absolute Gasteiger partial charge is 0.455 e. The fourth-order valence-electron chi connectivity index (χ4n) is 8.83. The van der Waals surface area contributed by atoms with E-state index >= 15 is 0 Å². The van der Waals surface area contributed by atoms with Crippen LogP contribution in [0.1, 0.15) is 17.5 Å². The minimum atomic E-state index is 0.929. The van der Waals surface area contributed by atoms with Crippen LogP contribution in [0.3, 0.4) is 0 Å². The Balaban J connectivity index is 0.967. The van der Waals surface area contributed by atoms with Gasteiger partial charge in [-0.1, -0.05) is 109 Å². The Morgan fingerprint density at radius 2 is 1.11 bits per heavy atom. The first-order valence-electron chi connectivity index (χ1n) is 19.2. The van der Waals surface area contributed by atoms with Gasteiger partial charge in [0.25, 0.3) is 0 Å². The molecule has 12 rings (SSSR count). The average Bonchev–Trinajstić information content (AvgIpc) is 3.95. The molecule has 1 aliphatic rings. The number of hydrogen-bond donors (Lipinski definition) is 0. The summed E-state index contributed by atoms with van der Waals surface area (Å²) in [7, 11) is 0. The van der Waals surface area contributed by atoms with E-state index in [4.69, 9.17) is 4.42 Å². The minimum Gasteiger partial charge on any atom is -0.455 e. The normalized spacial score (nSPS) is 12.8. The SMILES string of the molecule is C1=Cc2c(ccc3c2oc2cccc(-c4ccc(N(c5ccc(-c6ccc7sc8ccccc8c7c6)cc5)c5ccc6c(c5)sc5ccccc56)cc4)c23)CC1. The summed E-state index contributed by atoms with van der Waals surface area (Å²) in [4.78, 5) is 2.39. The third-order valence-electron chi connectivity index (χ3n) is 11.6. The molecule has 11 aromatic rings. The van der Waals surface area contributed by atoms with Gasteiger partial charge in [0, 0.05) is 73.7 Å². The summed E-state index contributed by atoms with van der Waals surface area (Å²) < 4.78 is 11.8. The second kappa shape index (κ2) is 12.5. The van der Waals surface area contributed by atoms with Crippen molar-refractivity contribution in [1.82, 2.24) is 0 Å². The Morgan fingerprint density at radius 3 is 1.91 bits per heavy atom. The fourth-order valence-corrected chi connectivity index (χ4v) is 11.1. The molecule has 0 radical (unpaired) electrons. The molecule has 0 atom stereocenters. The zero-order chi connectivity index (χ0) is 36.7. The van der Waals surface area contributed by atoms with E-state index < -0.39 is 0 Å². The van der Waals surface area contributed by atoms with Crippen molar-refractivity contribution in [1.29, 1.82) is 0 Å². The second-order valence-electron chi connectivity index (χ2n) is 14.8. The molecule has 56 heavy (non-hydrogen) atoms. The maximum atomic E-state index is 6.57. The molecule has 0 bridgehead atoms. The van der Waals surface area contributed by atoms with Crippen LogP contribution < -0.4 is 4.90 Å². The Morgan fingerprint density at radius 1 is 0.464 bits per heavy atom. The number of thiophene rings is 2. The van der Waals surface area contributed by atoms with Gasteiger partial charge >= 0.3 is 0 Å². The fraction of sp³-hybridized carbons (Fsp3) is 0.0385. The van der Waals surface area contributed by atoms with Crippen LogP contribution in [0.2, 0.25) is 0 Å². The van der Waals surface area contributed by atoms with Crippen molar-refractivity contribution < 1.29 is 4.42 Å². The monoisotopic (exact) mass is 751 g/mol. The lowest BCUT2D eigenvalue weighted by Gasteiger charge is -2.26. The molecule has 0 aliphatic heterocycles. The molecule has 1 aliphatic carbocycles. The molecular weight excluding hydrogens is 719 g/mol. The van der Waals surface area contributed by atoms with Crippen molar-refractivity contribution in [3.63, 3.8) is 0 Å². The highest BCUT2D eigenvalue weighted by Gasteiger charge is 2.19. The maximum Gasteiger partial charge on any atom is 0.142 e. The molecule has 4 heteroatoms. The molecule has 0 N–H and O–H groups in total. The Kier molecular flexibility index (Phi) is 7.13. The van der Waals surface area contributed by atoms with Gasteiger partial charge in [0.15, 0.2) is 0 Å². The highest BCUT2D eigenvalue weighted by Crippen LogP contribution is 2.44. The molecule has 0 saturated heterocycles. The van der Waals surface area contributed by atoms with Crippen LogP contribution in [0.25, 0.3) is 90.6 Å². The summed E-state index contributed by atoms with van der Waals surface area (Å²) in [5, 5.41) is 7.61. The van der Waals surface area contributed by atoms with E-state index in [9.17, 15) is 0 Å². The third-order valence-corrected chi connectivity index (χ3v) is 13.8. The van der Waals surface area contributed by atoms with E-state index in [1.807, 2.05) is 22.7 Å². The minimum absolute atomic E-state index is 0.929. The molecule has 2 nitrogen and oxygen atoms in total. The van der Waals surface area contributed by atoms with E-state index in [-0.39, 0.29) is 0 Å². The van der Waals surface area contributed by atoms with Crippen LogP contribution in [0.5, 0.6) is 0 Å². The number of fused-ring (bicyclic) bond motifs is 11. The number of furan rings is 1. The number of aryl methyl sites for hydroxylation is 1. The average molecular weight is 752 g/mol. The van der Waals surface area contributed by atoms with Gasteiger partial charge in [-0.15, -0.1) is 22.7 Å². The predicted molar refractivity (Wildman–Crippen MR) is 242 cm³/mol. The van der Waals surface area contributed by atoms with E-state index in [1.54, 1.807) is 0 Å². The molecule has 0 spiro atoms. The van der Waals surface area contributed by atoms with Gasteiger partial charge in [-0.2, -0.15) is 0 Å². The summed E-state index contributed by atoms with van der Waals surface area (Å²) in [5.74, 6) is 0. The highest BCUT2D eigenvalue weighted by molar-refractivity contribution is 7.26. The first kappa shape index (κ1) is 31.8. The first-order chi connectivity index (χ1) is 27.7. The number of nitrogens with zero attached hydrogens (tertiary/aromatic N) is 1. The van der Waals surface area contributed by atoms with Gasteiger partial charge in [0.1, 0.15) is 11.2 Å². The van der Waals surface area contributed by atoms with Crippen molar-refractivity contribution in [2.45, 2.75) is 12.8 Å². The Labute approximate surface area is 331 Å². The number of hydrogen-bond acceptors (Lipinski definition) is 4. The molecule has 0 amide bonds. The van der Waals surface area contributed by atoms with Crippen LogP contribution in [0, 0.1) is 0 Å². The van der Waals surface area contributed by atoms with Crippen LogP contribution in [0.4, 0.5) is 17.1 Å². The molecule has 0 fully saturated rings. The summed E-state index contributed by atoms with van der Waals surface area (Å²) >= 11 is 3.72. The predicted octanol–water partition coefficient (Wildman–Crippen LogP) is 16.1.